The molecule has 3 N–H and O–H groups in total. The van der Waals surface area contributed by atoms with Crippen molar-refractivity contribution in [3.05, 3.63) is 87.1 Å². The van der Waals surface area contributed by atoms with E-state index in [-0.39, 0.29) is 17.6 Å². The molecule has 0 bridgehead atoms. The Morgan fingerprint density at radius 3 is 2.49 bits per heavy atom. The normalized spacial score (nSPS) is 18.7. The number of H-pyrrole nitrogens is 1. The number of carbonyl (C=O) groups excluding carboxylic acids is 3. The molecule has 5 rings (SSSR count). The molecule has 2 fully saturated rings. The number of nitrogens with one attached hydrogen (secondary N) is 3. The van der Waals surface area contributed by atoms with Gasteiger partial charge in [-0.15, -0.1) is 0 Å². The molecule has 3 aromatic rings. The number of halogens is 1. The van der Waals surface area contributed by atoms with E-state index in [1.54, 1.807) is 56.0 Å². The number of nitrogens with zero attached hydrogens (tertiary/aromatic N) is 3. The van der Waals surface area contributed by atoms with Crippen LogP contribution in [0.1, 0.15) is 79.7 Å². The first-order valence-corrected chi connectivity index (χ1v) is 17.8. The van der Waals surface area contributed by atoms with Crippen molar-refractivity contribution in [2.75, 3.05) is 39.4 Å². The fourth-order valence-electron chi connectivity index (χ4n) is 7.37. The molecule has 0 spiro atoms. The van der Waals surface area contributed by atoms with Crippen LogP contribution in [0.5, 0.6) is 11.5 Å². The lowest BCUT2D eigenvalue weighted by Gasteiger charge is -2.43. The Kier molecular flexibility index (Phi) is 12.2. The summed E-state index contributed by atoms with van der Waals surface area (Å²) in [5.74, 6) is -0.869. The number of aromatic nitrogens is 2. The van der Waals surface area contributed by atoms with Crippen molar-refractivity contribution in [1.82, 2.24) is 30.6 Å². The number of aromatic amines is 1. The smallest absolute Gasteiger partial charge is 0.307 e. The van der Waals surface area contributed by atoms with Crippen LogP contribution in [0.2, 0.25) is 0 Å². The Hall–Kier alpha value is -4.62. The number of amides is 3. The van der Waals surface area contributed by atoms with E-state index in [0.29, 0.717) is 80.1 Å². The van der Waals surface area contributed by atoms with Crippen molar-refractivity contribution in [3.63, 3.8) is 0 Å². The zero-order chi connectivity index (χ0) is 36.7. The van der Waals surface area contributed by atoms with Crippen molar-refractivity contribution in [1.29, 1.82) is 0 Å². The summed E-state index contributed by atoms with van der Waals surface area (Å²) in [4.78, 5) is 58.3. The van der Waals surface area contributed by atoms with Crippen LogP contribution >= 0.6 is 0 Å². The molecule has 274 valence electrons. The largest absolute Gasteiger partial charge is 0.451 e. The number of morpholine rings is 1. The summed E-state index contributed by atoms with van der Waals surface area (Å²) in [5, 5.41) is 12.3. The van der Waals surface area contributed by atoms with Gasteiger partial charge in [-0.05, 0) is 87.9 Å². The second-order valence-corrected chi connectivity index (χ2v) is 13.5. The molecule has 3 heterocycles. The van der Waals surface area contributed by atoms with Gasteiger partial charge in [-0.3, -0.25) is 24.1 Å². The maximum atomic E-state index is 14.5. The third kappa shape index (κ3) is 8.48. The minimum atomic E-state index is -0.959. The molecule has 1 aromatic heterocycles. The number of carbonyl (C=O) groups is 3. The first-order chi connectivity index (χ1) is 24.5. The Morgan fingerprint density at radius 1 is 1.06 bits per heavy atom. The number of benzene rings is 2. The third-order valence-electron chi connectivity index (χ3n) is 10.3. The summed E-state index contributed by atoms with van der Waals surface area (Å²) in [6.07, 6.45) is 2.09. The van der Waals surface area contributed by atoms with Crippen molar-refractivity contribution in [2.45, 2.75) is 78.4 Å². The SMILES string of the molecule is CCC(CC)(C(=O)NCCN1CCOCC1)[C@H]1CC[C@@H](c2cccc(F)c2)N1C(=O)[C@@H](C)NC(=O)c1ccc(Oc2cc(C)n[nH]c2=O)c(C)c1. The second kappa shape index (κ2) is 16.6. The van der Waals surface area contributed by atoms with Gasteiger partial charge < -0.3 is 25.0 Å². The van der Waals surface area contributed by atoms with Crippen LogP contribution < -0.4 is 20.9 Å². The molecule has 3 atom stereocenters. The summed E-state index contributed by atoms with van der Waals surface area (Å²) in [6.45, 7) is 13.2. The monoisotopic (exact) mass is 704 g/mol. The van der Waals surface area contributed by atoms with Crippen LogP contribution in [-0.4, -0.2) is 89.2 Å². The van der Waals surface area contributed by atoms with E-state index in [1.807, 2.05) is 13.8 Å². The van der Waals surface area contributed by atoms with E-state index < -0.39 is 40.8 Å². The van der Waals surface area contributed by atoms with E-state index >= 15 is 0 Å². The fraction of sp³-hybridized carbons (Fsp3) is 0.500. The third-order valence-corrected chi connectivity index (χ3v) is 10.3. The minimum absolute atomic E-state index is 0.0797. The molecular formula is C38H49FN6O6. The lowest BCUT2D eigenvalue weighted by atomic mass is 9.73. The summed E-state index contributed by atoms with van der Waals surface area (Å²) in [5.41, 5.74) is 0.760. The lowest BCUT2D eigenvalue weighted by molar-refractivity contribution is -0.145. The number of likely N-dealkylation sites (tertiary alicyclic amines) is 1. The Bertz CT molecular complexity index is 1770. The topological polar surface area (TPSA) is 146 Å². The van der Waals surface area contributed by atoms with Gasteiger partial charge in [-0.1, -0.05) is 26.0 Å². The molecule has 0 radical (unpaired) electrons. The maximum absolute atomic E-state index is 14.5. The van der Waals surface area contributed by atoms with Gasteiger partial charge in [-0.2, -0.15) is 5.10 Å². The average molecular weight is 705 g/mol. The van der Waals surface area contributed by atoms with Crippen molar-refractivity contribution in [2.24, 2.45) is 5.41 Å². The van der Waals surface area contributed by atoms with Crippen LogP contribution in [0.4, 0.5) is 4.39 Å². The maximum Gasteiger partial charge on any atom is 0.307 e. The zero-order valence-electron chi connectivity index (χ0n) is 30.1. The summed E-state index contributed by atoms with van der Waals surface area (Å²) in [6, 6.07) is 10.6. The predicted molar refractivity (Wildman–Crippen MR) is 190 cm³/mol. The van der Waals surface area contributed by atoms with Crippen LogP contribution in [0.25, 0.3) is 0 Å². The summed E-state index contributed by atoms with van der Waals surface area (Å²) in [7, 11) is 0. The lowest BCUT2D eigenvalue weighted by Crippen LogP contribution is -2.58. The number of hydrogen-bond acceptors (Lipinski definition) is 8. The van der Waals surface area contributed by atoms with Crippen LogP contribution in [0.3, 0.4) is 0 Å². The summed E-state index contributed by atoms with van der Waals surface area (Å²) >= 11 is 0. The van der Waals surface area contributed by atoms with Gasteiger partial charge >= 0.3 is 5.56 Å². The Morgan fingerprint density at radius 2 is 1.80 bits per heavy atom. The highest BCUT2D eigenvalue weighted by Crippen LogP contribution is 2.47. The van der Waals surface area contributed by atoms with Crippen molar-refractivity contribution >= 4 is 17.7 Å². The molecule has 2 saturated heterocycles. The number of hydrogen-bond donors (Lipinski definition) is 3. The van der Waals surface area contributed by atoms with Crippen LogP contribution in [0, 0.1) is 25.1 Å². The number of rotatable bonds is 13. The van der Waals surface area contributed by atoms with E-state index in [0.717, 1.165) is 13.1 Å². The first-order valence-electron chi connectivity index (χ1n) is 17.8. The predicted octanol–water partition coefficient (Wildman–Crippen LogP) is 4.42. The molecule has 0 aliphatic carbocycles. The van der Waals surface area contributed by atoms with Gasteiger partial charge in [0.05, 0.1) is 30.4 Å². The number of ether oxygens (including phenoxy) is 2. The molecule has 2 aliphatic heterocycles. The molecule has 3 amide bonds. The first kappa shape index (κ1) is 37.6. The summed E-state index contributed by atoms with van der Waals surface area (Å²) < 4.78 is 25.8. The fourth-order valence-corrected chi connectivity index (χ4v) is 7.37. The molecular weight excluding hydrogens is 655 g/mol. The van der Waals surface area contributed by atoms with Crippen molar-refractivity contribution < 1.29 is 28.2 Å². The van der Waals surface area contributed by atoms with E-state index in [1.165, 1.54) is 18.2 Å². The van der Waals surface area contributed by atoms with E-state index in [4.69, 9.17) is 9.47 Å². The Labute approximate surface area is 298 Å². The standard InChI is InChI=1S/C38H49FN6O6/c1-6-38(7-2,37(49)40-15-16-44-17-19-50-20-18-44)33-14-12-30(27-9-8-10-29(39)23-27)45(33)36(48)26(5)41-34(46)28-11-13-31(24(3)21-28)51-32-22-25(4)42-43-35(32)47/h8-11,13,21-23,26,30,33H,6-7,12,14-20H2,1-5H3,(H,40,49)(H,41,46)(H,43,47)/t26-,30+,33-/m1/s1. The molecule has 12 nitrogen and oxygen atoms in total. The van der Waals surface area contributed by atoms with Crippen LogP contribution in [-0.2, 0) is 14.3 Å². The van der Waals surface area contributed by atoms with Crippen LogP contribution in [0.15, 0.2) is 53.3 Å². The molecule has 2 aliphatic rings. The van der Waals surface area contributed by atoms with Crippen molar-refractivity contribution in [3.8, 4) is 11.5 Å². The Balaban J connectivity index is 1.36. The van der Waals surface area contributed by atoms with Gasteiger partial charge in [0.25, 0.3) is 5.91 Å². The highest BCUT2D eigenvalue weighted by molar-refractivity contribution is 5.98. The quantitative estimate of drug-likeness (QED) is 0.237. The zero-order valence-corrected chi connectivity index (χ0v) is 30.1. The minimum Gasteiger partial charge on any atom is -0.451 e. The average Bonchev–Trinajstić information content (AvgIpc) is 3.57. The van der Waals surface area contributed by atoms with Gasteiger partial charge in [-0.25, -0.2) is 9.49 Å². The molecule has 13 heteroatoms. The molecule has 0 saturated carbocycles. The van der Waals surface area contributed by atoms with E-state index in [2.05, 4.69) is 25.7 Å². The van der Waals surface area contributed by atoms with E-state index in [9.17, 15) is 23.6 Å². The highest BCUT2D eigenvalue weighted by atomic mass is 19.1. The molecule has 0 unspecified atom stereocenters. The second-order valence-electron chi connectivity index (χ2n) is 13.5. The highest BCUT2D eigenvalue weighted by Gasteiger charge is 2.52. The van der Waals surface area contributed by atoms with Gasteiger partial charge in [0.1, 0.15) is 17.6 Å². The molecule has 51 heavy (non-hydrogen) atoms. The number of aryl methyl sites for hydroxylation is 2. The van der Waals surface area contributed by atoms with Gasteiger partial charge in [0.2, 0.25) is 11.8 Å². The van der Waals surface area contributed by atoms with Gasteiger partial charge in [0, 0.05) is 43.9 Å². The molecule has 2 aromatic carbocycles. The van der Waals surface area contributed by atoms with Gasteiger partial charge in [0.15, 0.2) is 5.75 Å².